The van der Waals surface area contributed by atoms with Gasteiger partial charge >= 0.3 is 0 Å². The second-order valence-corrected chi connectivity index (χ2v) is 4.33. The number of anilines is 1. The highest BCUT2D eigenvalue weighted by atomic mass is 32.2. The van der Waals surface area contributed by atoms with Crippen LogP contribution in [0.4, 0.5) is 5.69 Å². The fourth-order valence-electron chi connectivity index (χ4n) is 1.20. The smallest absolute Gasteiger partial charge is 0.190 e. The number of hydrogen-bond donors (Lipinski definition) is 1. The predicted molar refractivity (Wildman–Crippen MR) is 60.7 cm³/mol. The molecule has 1 aromatic carbocycles. The minimum atomic E-state index is 0.817. The molecule has 0 saturated heterocycles. The summed E-state index contributed by atoms with van der Waals surface area (Å²) in [7, 11) is 1.87. The third kappa shape index (κ3) is 2.12. The average molecular weight is 220 g/mol. The van der Waals surface area contributed by atoms with E-state index in [1.165, 1.54) is 0 Å². The van der Waals surface area contributed by atoms with Gasteiger partial charge in [0, 0.05) is 17.6 Å². The summed E-state index contributed by atoms with van der Waals surface area (Å²) in [6, 6.07) is 5.95. The highest BCUT2D eigenvalue weighted by Gasteiger charge is 2.04. The lowest BCUT2D eigenvalue weighted by Gasteiger charge is -2.03. The molecular weight excluding hydrogens is 208 g/mol. The molecule has 1 heterocycles. The summed E-state index contributed by atoms with van der Waals surface area (Å²) in [6.07, 6.45) is 1.55. The van der Waals surface area contributed by atoms with Gasteiger partial charge in [0.2, 0.25) is 0 Å². The van der Waals surface area contributed by atoms with Gasteiger partial charge in [-0.15, -0.1) is 0 Å². The van der Waals surface area contributed by atoms with Crippen molar-refractivity contribution in [3.63, 3.8) is 0 Å². The summed E-state index contributed by atoms with van der Waals surface area (Å²) in [5.41, 5.74) is 7.65. The van der Waals surface area contributed by atoms with Crippen LogP contribution in [0.2, 0.25) is 0 Å². The maximum Gasteiger partial charge on any atom is 0.190 e. The zero-order chi connectivity index (χ0) is 10.8. The lowest BCUT2D eigenvalue weighted by atomic mass is 10.2. The molecule has 0 radical (unpaired) electrons. The Morgan fingerprint density at radius 3 is 2.80 bits per heavy atom. The summed E-state index contributed by atoms with van der Waals surface area (Å²) >= 11 is 1.58. The van der Waals surface area contributed by atoms with Crippen LogP contribution in [0.15, 0.2) is 34.6 Å². The molecule has 0 unspecified atom stereocenters. The van der Waals surface area contributed by atoms with E-state index in [1.807, 2.05) is 26.1 Å². The molecule has 4 nitrogen and oxygen atoms in total. The molecule has 0 atom stereocenters. The van der Waals surface area contributed by atoms with Gasteiger partial charge in [-0.2, -0.15) is 5.10 Å². The Morgan fingerprint density at radius 2 is 2.20 bits per heavy atom. The van der Waals surface area contributed by atoms with Crippen molar-refractivity contribution in [2.75, 3.05) is 5.73 Å². The molecule has 2 N–H and O–H groups in total. The van der Waals surface area contributed by atoms with Crippen LogP contribution in [0.1, 0.15) is 5.56 Å². The van der Waals surface area contributed by atoms with Crippen LogP contribution in [-0.2, 0) is 7.05 Å². The SMILES string of the molecule is Cc1cc(Sc2ncnn2C)ccc1N. The van der Waals surface area contributed by atoms with E-state index < -0.39 is 0 Å². The Kier molecular flexibility index (Phi) is 2.64. The van der Waals surface area contributed by atoms with E-state index in [9.17, 15) is 0 Å². The molecule has 78 valence electrons. The van der Waals surface area contributed by atoms with Gasteiger partial charge in [0.15, 0.2) is 5.16 Å². The molecule has 0 spiro atoms. The van der Waals surface area contributed by atoms with Crippen LogP contribution in [0.25, 0.3) is 0 Å². The van der Waals surface area contributed by atoms with Crippen molar-refractivity contribution in [1.29, 1.82) is 0 Å². The standard InChI is InChI=1S/C10H12N4S/c1-7-5-8(3-4-9(7)11)15-10-12-6-13-14(10)2/h3-6H,11H2,1-2H3. The quantitative estimate of drug-likeness (QED) is 0.785. The van der Waals surface area contributed by atoms with Gasteiger partial charge < -0.3 is 5.73 Å². The van der Waals surface area contributed by atoms with E-state index >= 15 is 0 Å². The number of hydrogen-bond acceptors (Lipinski definition) is 4. The molecule has 0 aliphatic heterocycles. The number of aromatic nitrogens is 3. The Bertz CT molecular complexity index is 478. The molecule has 0 fully saturated rings. The van der Waals surface area contributed by atoms with Crippen LogP contribution in [0.3, 0.4) is 0 Å². The summed E-state index contributed by atoms with van der Waals surface area (Å²) < 4.78 is 1.75. The molecule has 15 heavy (non-hydrogen) atoms. The monoisotopic (exact) mass is 220 g/mol. The van der Waals surface area contributed by atoms with Gasteiger partial charge in [-0.25, -0.2) is 9.67 Å². The molecule has 0 aliphatic rings. The summed E-state index contributed by atoms with van der Waals surface area (Å²) in [5, 5.41) is 4.89. The number of rotatable bonds is 2. The number of nitrogens with zero attached hydrogens (tertiary/aromatic N) is 3. The molecular formula is C10H12N4S. The number of nitrogen functional groups attached to an aromatic ring is 1. The fraction of sp³-hybridized carbons (Fsp3) is 0.200. The third-order valence-corrected chi connectivity index (χ3v) is 3.16. The van der Waals surface area contributed by atoms with Gasteiger partial charge in [-0.3, -0.25) is 0 Å². The Morgan fingerprint density at radius 1 is 1.40 bits per heavy atom. The van der Waals surface area contributed by atoms with E-state index in [0.717, 1.165) is 21.3 Å². The molecule has 2 aromatic rings. The van der Waals surface area contributed by atoms with E-state index in [1.54, 1.807) is 22.8 Å². The number of benzene rings is 1. The highest BCUT2D eigenvalue weighted by Crippen LogP contribution is 2.27. The normalized spacial score (nSPS) is 10.5. The lowest BCUT2D eigenvalue weighted by Crippen LogP contribution is -1.93. The number of aryl methyl sites for hydroxylation is 2. The van der Waals surface area contributed by atoms with Crippen molar-refractivity contribution >= 4 is 17.4 Å². The van der Waals surface area contributed by atoms with E-state index in [0.29, 0.717) is 0 Å². The molecule has 2 rings (SSSR count). The van der Waals surface area contributed by atoms with Gasteiger partial charge in [0.1, 0.15) is 6.33 Å². The van der Waals surface area contributed by atoms with Crippen LogP contribution in [-0.4, -0.2) is 14.8 Å². The Labute approximate surface area is 92.5 Å². The third-order valence-electron chi connectivity index (χ3n) is 2.12. The maximum absolute atomic E-state index is 5.75. The van der Waals surface area contributed by atoms with Crippen LogP contribution in [0, 0.1) is 6.92 Å². The maximum atomic E-state index is 5.75. The van der Waals surface area contributed by atoms with Crippen molar-refractivity contribution in [2.45, 2.75) is 17.0 Å². The second kappa shape index (κ2) is 3.94. The van der Waals surface area contributed by atoms with Crippen molar-refractivity contribution in [3.05, 3.63) is 30.1 Å². The largest absolute Gasteiger partial charge is 0.399 e. The van der Waals surface area contributed by atoms with Crippen LogP contribution < -0.4 is 5.73 Å². The van der Waals surface area contributed by atoms with Crippen LogP contribution >= 0.6 is 11.8 Å². The van der Waals surface area contributed by atoms with Gasteiger partial charge in [0.25, 0.3) is 0 Å². The second-order valence-electron chi connectivity index (χ2n) is 3.29. The average Bonchev–Trinajstić information content (AvgIpc) is 2.59. The first kappa shape index (κ1) is 10.0. The number of nitrogens with two attached hydrogens (primary N) is 1. The molecule has 5 heteroatoms. The minimum Gasteiger partial charge on any atom is -0.399 e. The van der Waals surface area contributed by atoms with E-state index in [2.05, 4.69) is 16.1 Å². The molecule has 0 bridgehead atoms. The first-order chi connectivity index (χ1) is 7.16. The lowest BCUT2D eigenvalue weighted by molar-refractivity contribution is 0.685. The molecule has 1 aromatic heterocycles. The molecule has 0 aliphatic carbocycles. The van der Waals surface area contributed by atoms with Gasteiger partial charge in [-0.1, -0.05) is 11.8 Å². The summed E-state index contributed by atoms with van der Waals surface area (Å²) in [4.78, 5) is 5.27. The van der Waals surface area contributed by atoms with Crippen molar-refractivity contribution < 1.29 is 0 Å². The van der Waals surface area contributed by atoms with E-state index in [-0.39, 0.29) is 0 Å². The molecule has 0 saturated carbocycles. The highest BCUT2D eigenvalue weighted by molar-refractivity contribution is 7.99. The molecule has 0 amide bonds. The van der Waals surface area contributed by atoms with E-state index in [4.69, 9.17) is 5.73 Å². The fourth-order valence-corrected chi connectivity index (χ4v) is 2.06. The first-order valence-electron chi connectivity index (χ1n) is 4.55. The summed E-state index contributed by atoms with van der Waals surface area (Å²) in [5.74, 6) is 0. The van der Waals surface area contributed by atoms with Gasteiger partial charge in [0.05, 0.1) is 0 Å². The Hall–Kier alpha value is -1.49. The first-order valence-corrected chi connectivity index (χ1v) is 5.36. The van der Waals surface area contributed by atoms with Gasteiger partial charge in [-0.05, 0) is 30.7 Å². The predicted octanol–water partition coefficient (Wildman–Crippen LogP) is 1.86. The Balaban J connectivity index is 2.25. The minimum absolute atomic E-state index is 0.817. The van der Waals surface area contributed by atoms with Crippen LogP contribution in [0.5, 0.6) is 0 Å². The topological polar surface area (TPSA) is 56.7 Å². The van der Waals surface area contributed by atoms with Crippen molar-refractivity contribution in [3.8, 4) is 0 Å². The zero-order valence-corrected chi connectivity index (χ0v) is 9.45. The zero-order valence-electron chi connectivity index (χ0n) is 8.64. The van der Waals surface area contributed by atoms with Crippen molar-refractivity contribution in [1.82, 2.24) is 14.8 Å². The summed E-state index contributed by atoms with van der Waals surface area (Å²) in [6.45, 7) is 2.00. The van der Waals surface area contributed by atoms with Crippen molar-refractivity contribution in [2.24, 2.45) is 7.05 Å².